The van der Waals surface area contributed by atoms with Gasteiger partial charge in [-0.3, -0.25) is 4.79 Å². The fourth-order valence-electron chi connectivity index (χ4n) is 0.898. The Hall–Kier alpha value is -1.01. The maximum absolute atomic E-state index is 11.1. The van der Waals surface area contributed by atoms with E-state index in [4.69, 9.17) is 6.42 Å². The van der Waals surface area contributed by atoms with E-state index in [1.165, 1.54) is 0 Å². The van der Waals surface area contributed by atoms with Gasteiger partial charge in [0, 0.05) is 27.1 Å². The Balaban J connectivity index is 3.56. The maximum Gasteiger partial charge on any atom is 0.223 e. The van der Waals surface area contributed by atoms with Crippen LogP contribution in [0.5, 0.6) is 0 Å². The van der Waals surface area contributed by atoms with Crippen LogP contribution >= 0.6 is 0 Å². The first-order valence-electron chi connectivity index (χ1n) is 4.51. The first kappa shape index (κ1) is 12.0. The molecular weight excluding hydrogens is 164 g/mol. The van der Waals surface area contributed by atoms with Gasteiger partial charge in [0.2, 0.25) is 5.91 Å². The van der Waals surface area contributed by atoms with E-state index in [2.05, 4.69) is 11.2 Å². The third-order valence-corrected chi connectivity index (χ3v) is 1.84. The number of nitrogens with zero attached hydrogens (tertiary/aromatic N) is 1. The topological polar surface area (TPSA) is 32.3 Å². The monoisotopic (exact) mass is 182 g/mol. The average molecular weight is 182 g/mol. The van der Waals surface area contributed by atoms with Crippen molar-refractivity contribution < 1.29 is 4.79 Å². The first-order chi connectivity index (χ1) is 6.11. The number of hydrogen-bond acceptors (Lipinski definition) is 2. The Morgan fingerprint density at radius 2 is 2.23 bits per heavy atom. The second kappa shape index (κ2) is 6.50. The summed E-state index contributed by atoms with van der Waals surface area (Å²) in [5.74, 6) is 2.74. The van der Waals surface area contributed by atoms with E-state index in [1.807, 2.05) is 6.92 Å². The van der Waals surface area contributed by atoms with Crippen molar-refractivity contribution in [1.82, 2.24) is 10.2 Å². The van der Waals surface area contributed by atoms with Crippen LogP contribution in [0, 0.1) is 12.3 Å². The SMILES string of the molecule is C#CC(CC)NCCC(=O)N(C)C. The lowest BCUT2D eigenvalue weighted by Crippen LogP contribution is -2.32. The Bertz CT molecular complexity index is 194. The van der Waals surface area contributed by atoms with Gasteiger partial charge in [0.15, 0.2) is 0 Å². The van der Waals surface area contributed by atoms with Gasteiger partial charge >= 0.3 is 0 Å². The van der Waals surface area contributed by atoms with Gasteiger partial charge in [0.1, 0.15) is 0 Å². The molecule has 1 unspecified atom stereocenters. The number of carbonyl (C=O) groups excluding carboxylic acids is 1. The second-order valence-electron chi connectivity index (χ2n) is 3.12. The first-order valence-corrected chi connectivity index (χ1v) is 4.51. The number of rotatable bonds is 5. The smallest absolute Gasteiger partial charge is 0.223 e. The average Bonchev–Trinajstić information content (AvgIpc) is 2.12. The van der Waals surface area contributed by atoms with Gasteiger partial charge in [-0.1, -0.05) is 12.8 Å². The van der Waals surface area contributed by atoms with E-state index in [1.54, 1.807) is 19.0 Å². The summed E-state index contributed by atoms with van der Waals surface area (Å²) in [5.41, 5.74) is 0. The number of hydrogen-bond donors (Lipinski definition) is 1. The molecule has 0 aliphatic carbocycles. The van der Waals surface area contributed by atoms with Crippen molar-refractivity contribution in [2.45, 2.75) is 25.8 Å². The quantitative estimate of drug-likeness (QED) is 0.627. The molecule has 1 amide bonds. The van der Waals surface area contributed by atoms with E-state index in [0.717, 1.165) is 6.42 Å². The fourth-order valence-corrected chi connectivity index (χ4v) is 0.898. The van der Waals surface area contributed by atoms with E-state index >= 15 is 0 Å². The normalized spacial score (nSPS) is 11.8. The van der Waals surface area contributed by atoms with Crippen molar-refractivity contribution in [3.63, 3.8) is 0 Å². The van der Waals surface area contributed by atoms with Crippen LogP contribution in [0.3, 0.4) is 0 Å². The van der Waals surface area contributed by atoms with Gasteiger partial charge in [-0.15, -0.1) is 6.42 Å². The number of terminal acetylenes is 1. The lowest BCUT2D eigenvalue weighted by molar-refractivity contribution is -0.128. The standard InChI is InChI=1S/C10H18N2O/c1-5-9(6-2)11-8-7-10(13)12(3)4/h1,9,11H,6-8H2,2-4H3. The van der Waals surface area contributed by atoms with Gasteiger partial charge in [0.05, 0.1) is 6.04 Å². The van der Waals surface area contributed by atoms with Crippen molar-refractivity contribution in [2.75, 3.05) is 20.6 Å². The molecule has 0 rings (SSSR count). The molecular formula is C10H18N2O. The lowest BCUT2D eigenvalue weighted by Gasteiger charge is -2.12. The summed E-state index contributed by atoms with van der Waals surface area (Å²) < 4.78 is 0. The highest BCUT2D eigenvalue weighted by Gasteiger charge is 2.04. The molecule has 0 aromatic rings. The van der Waals surface area contributed by atoms with E-state index in [9.17, 15) is 4.79 Å². The second-order valence-corrected chi connectivity index (χ2v) is 3.12. The molecule has 3 nitrogen and oxygen atoms in total. The molecule has 0 fully saturated rings. The van der Waals surface area contributed by atoms with Crippen molar-refractivity contribution in [3.8, 4) is 12.3 Å². The van der Waals surface area contributed by atoms with Crippen LogP contribution in [0.4, 0.5) is 0 Å². The number of carbonyl (C=O) groups is 1. The minimum Gasteiger partial charge on any atom is -0.349 e. The zero-order valence-corrected chi connectivity index (χ0v) is 8.63. The molecule has 0 aliphatic heterocycles. The zero-order valence-electron chi connectivity index (χ0n) is 8.63. The number of nitrogens with one attached hydrogen (secondary N) is 1. The summed E-state index contributed by atoms with van der Waals surface area (Å²) >= 11 is 0. The largest absolute Gasteiger partial charge is 0.349 e. The fraction of sp³-hybridized carbons (Fsp3) is 0.700. The maximum atomic E-state index is 11.1. The van der Waals surface area contributed by atoms with Crippen molar-refractivity contribution in [2.24, 2.45) is 0 Å². The van der Waals surface area contributed by atoms with Crippen molar-refractivity contribution >= 4 is 5.91 Å². The summed E-state index contributed by atoms with van der Waals surface area (Å²) in [6.45, 7) is 2.67. The molecule has 74 valence electrons. The summed E-state index contributed by atoms with van der Waals surface area (Å²) in [5, 5.41) is 3.12. The van der Waals surface area contributed by atoms with Crippen molar-refractivity contribution in [3.05, 3.63) is 0 Å². The van der Waals surface area contributed by atoms with Crippen LogP contribution in [0.25, 0.3) is 0 Å². The predicted molar refractivity (Wildman–Crippen MR) is 54.2 cm³/mol. The summed E-state index contributed by atoms with van der Waals surface area (Å²) in [7, 11) is 3.50. The Morgan fingerprint density at radius 1 is 1.62 bits per heavy atom. The van der Waals surface area contributed by atoms with Gasteiger partial charge in [0.25, 0.3) is 0 Å². The molecule has 1 N–H and O–H groups in total. The summed E-state index contributed by atoms with van der Waals surface area (Å²) in [4.78, 5) is 12.7. The van der Waals surface area contributed by atoms with E-state index in [-0.39, 0.29) is 11.9 Å². The molecule has 0 saturated carbocycles. The molecule has 0 spiro atoms. The van der Waals surface area contributed by atoms with Crippen LogP contribution in [-0.2, 0) is 4.79 Å². The van der Waals surface area contributed by atoms with E-state index < -0.39 is 0 Å². The molecule has 0 aromatic heterocycles. The minimum absolute atomic E-state index is 0.0926. The van der Waals surface area contributed by atoms with Gasteiger partial charge in [-0.25, -0.2) is 0 Å². The molecule has 0 heterocycles. The van der Waals surface area contributed by atoms with Crippen LogP contribution in [0.1, 0.15) is 19.8 Å². The van der Waals surface area contributed by atoms with Crippen molar-refractivity contribution in [1.29, 1.82) is 0 Å². The molecule has 0 aromatic carbocycles. The lowest BCUT2D eigenvalue weighted by atomic mass is 10.2. The summed E-state index contributed by atoms with van der Waals surface area (Å²) in [6.07, 6.45) is 6.65. The Kier molecular flexibility index (Phi) is 5.99. The van der Waals surface area contributed by atoms with Crippen LogP contribution in [0.15, 0.2) is 0 Å². The molecule has 1 atom stereocenters. The third-order valence-electron chi connectivity index (χ3n) is 1.84. The molecule has 13 heavy (non-hydrogen) atoms. The van der Waals surface area contributed by atoms with Gasteiger partial charge < -0.3 is 10.2 Å². The zero-order chi connectivity index (χ0) is 10.3. The summed E-state index contributed by atoms with van der Waals surface area (Å²) in [6, 6.07) is 0.0926. The minimum atomic E-state index is 0.0926. The number of amides is 1. The highest BCUT2D eigenvalue weighted by molar-refractivity contribution is 5.75. The van der Waals surface area contributed by atoms with Crippen LogP contribution in [0.2, 0.25) is 0 Å². The predicted octanol–water partition coefficient (Wildman–Crippen LogP) is 0.466. The molecule has 0 radical (unpaired) electrons. The molecule has 3 heteroatoms. The Labute approximate surface area is 80.5 Å². The third kappa shape index (κ3) is 5.26. The van der Waals surface area contributed by atoms with Gasteiger partial charge in [-0.05, 0) is 6.42 Å². The van der Waals surface area contributed by atoms with E-state index in [0.29, 0.717) is 13.0 Å². The highest BCUT2D eigenvalue weighted by Crippen LogP contribution is 1.90. The Morgan fingerprint density at radius 3 is 2.62 bits per heavy atom. The molecule has 0 aliphatic rings. The van der Waals surface area contributed by atoms with Crippen LogP contribution < -0.4 is 5.32 Å². The highest BCUT2D eigenvalue weighted by atomic mass is 16.2. The molecule has 0 bridgehead atoms. The van der Waals surface area contributed by atoms with Gasteiger partial charge in [-0.2, -0.15) is 0 Å². The van der Waals surface area contributed by atoms with Crippen LogP contribution in [-0.4, -0.2) is 37.5 Å². The molecule has 0 saturated heterocycles.